The Morgan fingerprint density at radius 1 is 0.579 bits per heavy atom. The molecule has 38 heavy (non-hydrogen) atoms. The van der Waals surface area contributed by atoms with Crippen molar-refractivity contribution in [2.45, 2.75) is 26.2 Å². The van der Waals surface area contributed by atoms with Crippen molar-refractivity contribution in [2.75, 3.05) is 39.5 Å². The van der Waals surface area contributed by atoms with Crippen LogP contribution in [0.25, 0.3) is 22.1 Å². The van der Waals surface area contributed by atoms with Crippen molar-refractivity contribution in [1.82, 2.24) is 34.7 Å². The number of hydrogen-bond acceptors (Lipinski definition) is 7. The molecule has 2 aromatic carbocycles. The molecule has 1 aliphatic heterocycles. The van der Waals surface area contributed by atoms with E-state index in [-0.39, 0.29) is 0 Å². The predicted molar refractivity (Wildman–Crippen MR) is 146 cm³/mol. The minimum Gasteiger partial charge on any atom is -0.378 e. The highest BCUT2D eigenvalue weighted by molar-refractivity contribution is 5.75. The molecule has 0 spiro atoms. The Labute approximate surface area is 221 Å². The van der Waals surface area contributed by atoms with Crippen LogP contribution in [0.2, 0.25) is 0 Å². The molecule has 0 saturated carbocycles. The predicted octanol–water partition coefficient (Wildman–Crippen LogP) is 3.89. The molecule has 2 N–H and O–H groups in total. The van der Waals surface area contributed by atoms with E-state index >= 15 is 0 Å². The van der Waals surface area contributed by atoms with Crippen LogP contribution in [-0.4, -0.2) is 74.2 Å². The first-order valence-corrected chi connectivity index (χ1v) is 13.2. The number of aromatic nitrogens is 5. The maximum absolute atomic E-state index is 5.90. The van der Waals surface area contributed by atoms with Gasteiger partial charge in [-0.25, -0.2) is 9.97 Å². The van der Waals surface area contributed by atoms with E-state index in [1.165, 1.54) is 0 Å². The second kappa shape index (κ2) is 11.8. The summed E-state index contributed by atoms with van der Waals surface area (Å²) in [5.74, 6) is 1.89. The Kier molecular flexibility index (Phi) is 7.69. The largest absolute Gasteiger partial charge is 0.378 e. The van der Waals surface area contributed by atoms with Crippen LogP contribution >= 0.6 is 0 Å². The molecule has 9 nitrogen and oxygen atoms in total. The maximum atomic E-state index is 5.90. The van der Waals surface area contributed by atoms with Crippen LogP contribution in [0.4, 0.5) is 0 Å². The topological polar surface area (TPSA) is 95.2 Å². The van der Waals surface area contributed by atoms with Gasteiger partial charge in [0.05, 0.1) is 73.0 Å². The summed E-state index contributed by atoms with van der Waals surface area (Å²) in [5, 5.41) is 0. The Bertz CT molecular complexity index is 1310. The third-order valence-electron chi connectivity index (χ3n) is 6.73. The quantitative estimate of drug-likeness (QED) is 0.378. The van der Waals surface area contributed by atoms with Crippen LogP contribution < -0.4 is 0 Å². The number of H-pyrrole nitrogens is 2. The summed E-state index contributed by atoms with van der Waals surface area (Å²) in [7, 11) is 0. The average molecular weight is 512 g/mol. The molecule has 1 aliphatic rings. The van der Waals surface area contributed by atoms with Crippen LogP contribution in [0, 0.1) is 0 Å². The Hall–Kier alpha value is -3.63. The molecule has 6 rings (SSSR count). The molecule has 2 bridgehead atoms. The number of nitrogens with zero attached hydrogens (tertiary/aromatic N) is 5. The van der Waals surface area contributed by atoms with Gasteiger partial charge in [-0.15, -0.1) is 0 Å². The highest BCUT2D eigenvalue weighted by Crippen LogP contribution is 2.16. The van der Waals surface area contributed by atoms with Gasteiger partial charge in [-0.3, -0.25) is 14.8 Å². The number of para-hydroxylation sites is 4. The van der Waals surface area contributed by atoms with Crippen LogP contribution in [0.5, 0.6) is 0 Å². The summed E-state index contributed by atoms with van der Waals surface area (Å²) >= 11 is 0. The van der Waals surface area contributed by atoms with E-state index in [2.05, 4.69) is 50.1 Å². The first-order valence-electron chi connectivity index (χ1n) is 13.2. The Morgan fingerprint density at radius 3 is 1.58 bits per heavy atom. The number of nitrogens with one attached hydrogen (secondary N) is 2. The molecule has 5 aromatic rings. The highest BCUT2D eigenvalue weighted by Gasteiger charge is 2.15. The highest BCUT2D eigenvalue weighted by atomic mass is 16.5. The molecule has 196 valence electrons. The molecule has 0 unspecified atom stereocenters. The van der Waals surface area contributed by atoms with Crippen molar-refractivity contribution in [3.63, 3.8) is 0 Å². The van der Waals surface area contributed by atoms with Crippen molar-refractivity contribution >= 4 is 22.1 Å². The summed E-state index contributed by atoms with van der Waals surface area (Å²) in [6.07, 6.45) is 0. The molecule has 0 fully saturated rings. The van der Waals surface area contributed by atoms with Gasteiger partial charge in [-0.05, 0) is 36.4 Å². The molecular formula is C29H33N7O2. The van der Waals surface area contributed by atoms with E-state index in [1.807, 2.05) is 36.4 Å². The van der Waals surface area contributed by atoms with Crippen molar-refractivity contribution in [3.8, 4) is 0 Å². The Balaban J connectivity index is 1.19. The molecule has 0 radical (unpaired) electrons. The minimum absolute atomic E-state index is 0.577. The molecule has 0 saturated heterocycles. The number of imidazole rings is 2. The molecule has 0 aliphatic carbocycles. The normalized spacial score (nSPS) is 16.9. The number of ether oxygens (including phenoxy) is 2. The van der Waals surface area contributed by atoms with Crippen molar-refractivity contribution in [1.29, 1.82) is 0 Å². The van der Waals surface area contributed by atoms with Crippen molar-refractivity contribution in [2.24, 2.45) is 0 Å². The molecule has 9 heteroatoms. The van der Waals surface area contributed by atoms with Gasteiger partial charge < -0.3 is 19.4 Å². The standard InChI is InChI=1S/C29H33N7O2/c1-2-9-25-24(8-1)31-28(32-25)20-35-12-14-37-16-17-38-15-13-36(19-23-7-5-6-22(18-35)30-23)21-29-33-26-10-3-4-11-27(26)34-29/h1-11H,12-21H2,(H,31,32)(H,33,34). The molecule has 3 aromatic heterocycles. The van der Waals surface area contributed by atoms with E-state index in [0.717, 1.165) is 58.2 Å². The van der Waals surface area contributed by atoms with E-state index < -0.39 is 0 Å². The van der Waals surface area contributed by atoms with E-state index in [1.54, 1.807) is 0 Å². The molecule has 0 amide bonds. The van der Waals surface area contributed by atoms with Crippen molar-refractivity contribution < 1.29 is 9.47 Å². The lowest BCUT2D eigenvalue weighted by Gasteiger charge is -2.22. The van der Waals surface area contributed by atoms with Crippen LogP contribution in [-0.2, 0) is 35.7 Å². The summed E-state index contributed by atoms with van der Waals surface area (Å²) in [6, 6.07) is 22.6. The SMILES string of the molecule is c1cc2nc(c1)CN(Cc1nc3ccccc3[nH]1)CCOCCOCCN(Cc1nc3ccccc3[nH]1)C2. The summed E-state index contributed by atoms with van der Waals surface area (Å²) in [4.78, 5) is 26.1. The van der Waals surface area contributed by atoms with Crippen LogP contribution in [0.1, 0.15) is 23.0 Å². The fraction of sp³-hybridized carbons (Fsp3) is 0.345. The summed E-state index contributed by atoms with van der Waals surface area (Å²) in [5.41, 5.74) is 6.15. The minimum atomic E-state index is 0.577. The number of rotatable bonds is 4. The zero-order valence-electron chi connectivity index (χ0n) is 21.5. The van der Waals surface area contributed by atoms with Crippen LogP contribution in [0.15, 0.2) is 66.7 Å². The molecular weight excluding hydrogens is 478 g/mol. The lowest BCUT2D eigenvalue weighted by Crippen LogP contribution is -2.28. The van der Waals surface area contributed by atoms with E-state index in [9.17, 15) is 0 Å². The fourth-order valence-electron chi connectivity index (χ4n) is 4.89. The monoisotopic (exact) mass is 511 g/mol. The maximum Gasteiger partial charge on any atom is 0.121 e. The number of fused-ring (bicyclic) bond motifs is 4. The number of aromatic amines is 2. The molecule has 0 atom stereocenters. The Morgan fingerprint density at radius 2 is 1.08 bits per heavy atom. The number of pyridine rings is 1. The zero-order valence-corrected chi connectivity index (χ0v) is 21.5. The fourth-order valence-corrected chi connectivity index (χ4v) is 4.89. The van der Waals surface area contributed by atoms with Crippen LogP contribution in [0.3, 0.4) is 0 Å². The van der Waals surface area contributed by atoms with Gasteiger partial charge in [-0.1, -0.05) is 30.3 Å². The van der Waals surface area contributed by atoms with Gasteiger partial charge in [0.1, 0.15) is 11.6 Å². The first kappa shape index (κ1) is 24.7. The van der Waals surface area contributed by atoms with Gasteiger partial charge in [0.25, 0.3) is 0 Å². The molecule has 4 heterocycles. The van der Waals surface area contributed by atoms with Gasteiger partial charge in [0, 0.05) is 26.2 Å². The summed E-state index contributed by atoms with van der Waals surface area (Å²) in [6.45, 7) is 6.78. The van der Waals surface area contributed by atoms with Gasteiger partial charge >= 0.3 is 0 Å². The second-order valence-corrected chi connectivity index (χ2v) is 9.67. The van der Waals surface area contributed by atoms with E-state index in [4.69, 9.17) is 24.4 Å². The van der Waals surface area contributed by atoms with Gasteiger partial charge in [0.2, 0.25) is 0 Å². The lowest BCUT2D eigenvalue weighted by atomic mass is 10.2. The third-order valence-corrected chi connectivity index (χ3v) is 6.73. The van der Waals surface area contributed by atoms with E-state index in [0.29, 0.717) is 52.6 Å². The number of hydrogen-bond donors (Lipinski definition) is 2. The zero-order chi connectivity index (χ0) is 25.6. The van der Waals surface area contributed by atoms with Crippen molar-refractivity contribution in [3.05, 3.63) is 89.8 Å². The second-order valence-electron chi connectivity index (χ2n) is 9.67. The third kappa shape index (κ3) is 6.25. The summed E-state index contributed by atoms with van der Waals surface area (Å²) < 4.78 is 11.8. The van der Waals surface area contributed by atoms with Gasteiger partial charge in [-0.2, -0.15) is 0 Å². The lowest BCUT2D eigenvalue weighted by molar-refractivity contribution is 0.0283. The number of benzene rings is 2. The van der Waals surface area contributed by atoms with Gasteiger partial charge in [0.15, 0.2) is 0 Å². The first-order chi connectivity index (χ1) is 18.8. The smallest absolute Gasteiger partial charge is 0.121 e. The average Bonchev–Trinajstić information content (AvgIpc) is 3.52.